The van der Waals surface area contributed by atoms with Crippen molar-refractivity contribution >= 4 is 35.3 Å². The Hall–Kier alpha value is 0.540. The molecule has 50 valence electrons. The third kappa shape index (κ3) is 2.74. The predicted octanol–water partition coefficient (Wildman–Crippen LogP) is 2.01. The smallest absolute Gasteiger partial charge is 0.134 e. The third-order valence-electron chi connectivity index (χ3n) is 1.03. The van der Waals surface area contributed by atoms with Gasteiger partial charge in [-0.1, -0.05) is 0 Å². The van der Waals surface area contributed by atoms with Gasteiger partial charge in [0.2, 0.25) is 0 Å². The van der Waals surface area contributed by atoms with E-state index in [1.807, 2.05) is 23.5 Å². The Kier molecular flexibility index (Phi) is 3.71. The number of thioether (sulfide) groups is 3. The molecule has 1 nitrogen and oxygen atoms in total. The summed E-state index contributed by atoms with van der Waals surface area (Å²) in [5, 5.41) is 12.0. The SMILES string of the molecule is N#CSCSC1CSC1. The van der Waals surface area contributed by atoms with Gasteiger partial charge in [0.05, 0.1) is 5.08 Å². The second kappa shape index (κ2) is 4.37. The standard InChI is InChI=1S/C5H7NS3/c6-3-8-4-9-5-1-7-2-5/h5H,1-2,4H2. The summed E-state index contributed by atoms with van der Waals surface area (Å²) in [6.45, 7) is 0. The molecule has 0 aromatic rings. The lowest BCUT2D eigenvalue weighted by Crippen LogP contribution is -2.20. The molecule has 0 N–H and O–H groups in total. The van der Waals surface area contributed by atoms with Crippen LogP contribution in [0.2, 0.25) is 0 Å². The summed E-state index contributed by atoms with van der Waals surface area (Å²) >= 11 is 5.24. The fraction of sp³-hybridized carbons (Fsp3) is 0.800. The molecule has 0 unspecified atom stereocenters. The number of rotatable bonds is 3. The molecule has 0 aromatic heterocycles. The van der Waals surface area contributed by atoms with Crippen molar-refractivity contribution in [3.63, 3.8) is 0 Å². The summed E-state index contributed by atoms with van der Waals surface area (Å²) in [7, 11) is 0. The Morgan fingerprint density at radius 1 is 1.67 bits per heavy atom. The van der Waals surface area contributed by atoms with Crippen molar-refractivity contribution in [3.8, 4) is 5.40 Å². The van der Waals surface area contributed by atoms with E-state index in [9.17, 15) is 0 Å². The summed E-state index contributed by atoms with van der Waals surface area (Å²) < 4.78 is 0. The number of hydrogen-bond acceptors (Lipinski definition) is 4. The Bertz CT molecular complexity index is 116. The Morgan fingerprint density at radius 3 is 2.89 bits per heavy atom. The van der Waals surface area contributed by atoms with Crippen molar-refractivity contribution in [2.75, 3.05) is 16.6 Å². The van der Waals surface area contributed by atoms with Crippen molar-refractivity contribution in [1.29, 1.82) is 5.26 Å². The first-order valence-corrected chi connectivity index (χ1v) is 5.82. The molecule has 1 aliphatic heterocycles. The first-order chi connectivity index (χ1) is 4.43. The lowest BCUT2D eigenvalue weighted by molar-refractivity contribution is 1.09. The Balaban J connectivity index is 1.87. The van der Waals surface area contributed by atoms with Crippen LogP contribution in [0.15, 0.2) is 0 Å². The van der Waals surface area contributed by atoms with Crippen molar-refractivity contribution in [3.05, 3.63) is 0 Å². The lowest BCUT2D eigenvalue weighted by atomic mass is 10.5. The number of nitrogens with zero attached hydrogens (tertiary/aromatic N) is 1. The van der Waals surface area contributed by atoms with E-state index in [-0.39, 0.29) is 0 Å². The van der Waals surface area contributed by atoms with Gasteiger partial charge < -0.3 is 0 Å². The highest BCUT2D eigenvalue weighted by Crippen LogP contribution is 2.30. The van der Waals surface area contributed by atoms with E-state index >= 15 is 0 Å². The van der Waals surface area contributed by atoms with Crippen LogP contribution in [0.3, 0.4) is 0 Å². The first kappa shape index (κ1) is 7.64. The maximum absolute atomic E-state index is 8.16. The molecule has 0 amide bonds. The molecule has 9 heavy (non-hydrogen) atoms. The molecule has 0 aromatic carbocycles. The van der Waals surface area contributed by atoms with Crippen LogP contribution in [0.4, 0.5) is 0 Å². The second-order valence-corrected chi connectivity index (χ2v) is 5.17. The van der Waals surface area contributed by atoms with Gasteiger partial charge in [0, 0.05) is 16.8 Å². The minimum Gasteiger partial charge on any atom is -0.185 e. The number of nitriles is 1. The zero-order valence-corrected chi connectivity index (χ0v) is 7.32. The van der Waals surface area contributed by atoms with Crippen molar-refractivity contribution in [1.82, 2.24) is 0 Å². The molecule has 0 saturated carbocycles. The van der Waals surface area contributed by atoms with E-state index in [1.165, 1.54) is 23.3 Å². The molecule has 1 aliphatic rings. The second-order valence-electron chi connectivity index (χ2n) is 1.68. The van der Waals surface area contributed by atoms with Gasteiger partial charge in [-0.15, -0.1) is 11.8 Å². The highest BCUT2D eigenvalue weighted by atomic mass is 32.2. The average molecular weight is 177 g/mol. The van der Waals surface area contributed by atoms with Gasteiger partial charge in [-0.25, -0.2) is 0 Å². The van der Waals surface area contributed by atoms with E-state index in [0.29, 0.717) is 0 Å². The average Bonchev–Trinajstić information content (AvgIpc) is 1.76. The fourth-order valence-electron chi connectivity index (χ4n) is 0.467. The predicted molar refractivity (Wildman–Crippen MR) is 46.8 cm³/mol. The molecule has 1 heterocycles. The highest BCUT2D eigenvalue weighted by molar-refractivity contribution is 8.19. The van der Waals surface area contributed by atoms with Crippen LogP contribution in [0.1, 0.15) is 0 Å². The van der Waals surface area contributed by atoms with Gasteiger partial charge in [0.25, 0.3) is 0 Å². The van der Waals surface area contributed by atoms with Gasteiger partial charge in [0.1, 0.15) is 5.40 Å². The minimum absolute atomic E-state index is 0.843. The summed E-state index contributed by atoms with van der Waals surface area (Å²) in [5.41, 5.74) is 0. The lowest BCUT2D eigenvalue weighted by Gasteiger charge is -2.23. The molecule has 0 bridgehead atoms. The summed E-state index contributed by atoms with van der Waals surface area (Å²) in [6.07, 6.45) is 0. The van der Waals surface area contributed by atoms with Crippen LogP contribution in [0.5, 0.6) is 0 Å². The van der Waals surface area contributed by atoms with Crippen LogP contribution in [0, 0.1) is 10.7 Å². The molecule has 1 saturated heterocycles. The van der Waals surface area contributed by atoms with Gasteiger partial charge in [-0.3, -0.25) is 0 Å². The van der Waals surface area contributed by atoms with Gasteiger partial charge in [0.15, 0.2) is 0 Å². The summed E-state index contributed by atoms with van der Waals surface area (Å²) in [5.74, 6) is 2.58. The van der Waals surface area contributed by atoms with Crippen LogP contribution >= 0.6 is 35.3 Å². The maximum Gasteiger partial charge on any atom is 0.134 e. The molecule has 0 spiro atoms. The molecule has 0 aliphatic carbocycles. The third-order valence-corrected chi connectivity index (χ3v) is 4.68. The molecule has 0 atom stereocenters. The number of hydrogen-bond donors (Lipinski definition) is 0. The summed E-state index contributed by atoms with van der Waals surface area (Å²) in [6, 6.07) is 0. The summed E-state index contributed by atoms with van der Waals surface area (Å²) in [4.78, 5) is 0. The topological polar surface area (TPSA) is 23.8 Å². The number of thiocyanates is 1. The molecule has 1 fully saturated rings. The Morgan fingerprint density at radius 2 is 2.44 bits per heavy atom. The first-order valence-electron chi connectivity index (χ1n) is 2.63. The molecule has 1 rings (SSSR count). The molecule has 0 radical (unpaired) electrons. The van der Waals surface area contributed by atoms with E-state index < -0.39 is 0 Å². The van der Waals surface area contributed by atoms with Crippen molar-refractivity contribution < 1.29 is 0 Å². The van der Waals surface area contributed by atoms with Crippen LogP contribution in [-0.4, -0.2) is 21.8 Å². The van der Waals surface area contributed by atoms with Crippen LogP contribution < -0.4 is 0 Å². The molecule has 4 heteroatoms. The monoisotopic (exact) mass is 177 g/mol. The van der Waals surface area contributed by atoms with Crippen molar-refractivity contribution in [2.24, 2.45) is 0 Å². The van der Waals surface area contributed by atoms with E-state index in [4.69, 9.17) is 5.26 Å². The van der Waals surface area contributed by atoms with Crippen molar-refractivity contribution in [2.45, 2.75) is 5.25 Å². The normalized spacial score (nSPS) is 18.6. The van der Waals surface area contributed by atoms with Crippen LogP contribution in [-0.2, 0) is 0 Å². The zero-order chi connectivity index (χ0) is 6.53. The van der Waals surface area contributed by atoms with Gasteiger partial charge >= 0.3 is 0 Å². The maximum atomic E-state index is 8.16. The Labute approximate surface area is 68.0 Å². The minimum atomic E-state index is 0.843. The van der Waals surface area contributed by atoms with Gasteiger partial charge in [-0.2, -0.15) is 17.0 Å². The van der Waals surface area contributed by atoms with E-state index in [1.54, 1.807) is 0 Å². The van der Waals surface area contributed by atoms with E-state index in [0.717, 1.165) is 10.3 Å². The largest absolute Gasteiger partial charge is 0.185 e. The molecular formula is C5H7NS3. The van der Waals surface area contributed by atoms with Crippen LogP contribution in [0.25, 0.3) is 0 Å². The van der Waals surface area contributed by atoms with E-state index in [2.05, 4.69) is 5.40 Å². The molecular weight excluding hydrogens is 170 g/mol. The van der Waals surface area contributed by atoms with Gasteiger partial charge in [-0.05, 0) is 11.8 Å². The quantitative estimate of drug-likeness (QED) is 0.374. The zero-order valence-electron chi connectivity index (χ0n) is 4.87. The highest BCUT2D eigenvalue weighted by Gasteiger charge is 2.17. The fourth-order valence-corrected chi connectivity index (χ4v) is 3.49.